The summed E-state index contributed by atoms with van der Waals surface area (Å²) in [6.45, 7) is 10.2. The van der Waals surface area contributed by atoms with Crippen molar-refractivity contribution in [3.8, 4) is 0 Å². The van der Waals surface area contributed by atoms with Crippen molar-refractivity contribution in [1.29, 1.82) is 0 Å². The van der Waals surface area contributed by atoms with Gasteiger partial charge in [-0.1, -0.05) is 90.7 Å². The Morgan fingerprint density at radius 3 is 1.95 bits per heavy atom. The Hall–Kier alpha value is -0.260. The summed E-state index contributed by atoms with van der Waals surface area (Å²) in [4.78, 5) is 0. The molecule has 0 amide bonds. The highest BCUT2D eigenvalue weighted by molar-refractivity contribution is 4.81. The molecule has 0 aliphatic rings. The minimum Gasteiger partial charge on any atom is -0.0885 e. The summed E-state index contributed by atoms with van der Waals surface area (Å²) in [6, 6.07) is 0. The van der Waals surface area contributed by atoms with Gasteiger partial charge in [-0.15, -0.1) is 0 Å². The zero-order valence-electron chi connectivity index (χ0n) is 13.3. The van der Waals surface area contributed by atoms with Gasteiger partial charge in [0.05, 0.1) is 0 Å². The molecule has 0 saturated heterocycles. The molecule has 0 bridgehead atoms. The first-order chi connectivity index (χ1) is 9.31. The van der Waals surface area contributed by atoms with Crippen LogP contribution < -0.4 is 0 Å². The van der Waals surface area contributed by atoms with Crippen molar-refractivity contribution in [2.75, 3.05) is 0 Å². The molecule has 0 heterocycles. The predicted octanol–water partition coefficient (Wildman–Crippen LogP) is 6.92. The Kier molecular flexibility index (Phi) is 15.6. The molecule has 1 unspecified atom stereocenters. The van der Waals surface area contributed by atoms with Crippen LogP contribution in [0.25, 0.3) is 0 Å². The first-order valence-electron chi connectivity index (χ1n) is 8.54. The molecule has 0 heteroatoms. The molecule has 19 heavy (non-hydrogen) atoms. The second kappa shape index (κ2) is 15.8. The second-order valence-corrected chi connectivity index (χ2v) is 5.91. The summed E-state index contributed by atoms with van der Waals surface area (Å²) < 4.78 is 0. The topological polar surface area (TPSA) is 0 Å². The van der Waals surface area contributed by atoms with Crippen LogP contribution in [0.5, 0.6) is 0 Å². The number of hydrogen-bond donors (Lipinski definition) is 0. The maximum Gasteiger partial charge on any atom is -0.0348 e. The minimum atomic E-state index is 0.874. The van der Waals surface area contributed by atoms with Gasteiger partial charge in [-0.05, 0) is 31.6 Å². The molecule has 0 N–H and O–H groups in total. The molecule has 0 spiro atoms. The van der Waals surface area contributed by atoms with E-state index in [1.165, 1.54) is 70.6 Å². The highest BCUT2D eigenvalue weighted by atomic mass is 14.0. The van der Waals surface area contributed by atoms with Crippen LogP contribution in [-0.4, -0.2) is 0 Å². The van der Waals surface area contributed by atoms with Gasteiger partial charge in [0, 0.05) is 0 Å². The van der Waals surface area contributed by atoms with E-state index in [4.69, 9.17) is 0 Å². The first kappa shape index (κ1) is 18.7. The molecule has 0 aromatic rings. The number of rotatable bonds is 14. The van der Waals surface area contributed by atoms with E-state index in [-0.39, 0.29) is 0 Å². The van der Waals surface area contributed by atoms with E-state index in [9.17, 15) is 0 Å². The van der Waals surface area contributed by atoms with Crippen LogP contribution in [0.1, 0.15) is 90.4 Å². The van der Waals surface area contributed by atoms with Crippen molar-refractivity contribution in [3.63, 3.8) is 0 Å². The van der Waals surface area contributed by atoms with Gasteiger partial charge in [0.25, 0.3) is 0 Å². The lowest BCUT2D eigenvalue weighted by atomic mass is 9.99. The molecule has 112 valence electrons. The minimum absolute atomic E-state index is 0.874. The van der Waals surface area contributed by atoms with E-state index in [2.05, 4.69) is 32.9 Å². The number of hydrogen-bond acceptors (Lipinski definition) is 0. The quantitative estimate of drug-likeness (QED) is 0.236. The third-order valence-electron chi connectivity index (χ3n) is 3.81. The first-order valence-corrected chi connectivity index (χ1v) is 8.54. The summed E-state index contributed by atoms with van der Waals surface area (Å²) in [5.41, 5.74) is 0. The maximum absolute atomic E-state index is 3.90. The van der Waals surface area contributed by atoms with E-state index in [0.29, 0.717) is 0 Å². The smallest absolute Gasteiger partial charge is 0.0348 e. The van der Waals surface area contributed by atoms with Crippen LogP contribution in [0.4, 0.5) is 0 Å². The monoisotopic (exact) mass is 264 g/mol. The SMILES string of the molecule is [CH2]CCCCCCCC/C=C/CCC(C)CCC[CH2]. The van der Waals surface area contributed by atoms with Crippen molar-refractivity contribution in [1.82, 2.24) is 0 Å². The van der Waals surface area contributed by atoms with E-state index in [1.54, 1.807) is 0 Å². The standard InChI is InChI=1S/C19H36/c1-4-6-8-9-10-11-12-13-14-15-16-18-19(3)17-7-5-2/h14-15,19H,1-2,4-13,16-18H2,3H3/b15-14+. The van der Waals surface area contributed by atoms with Crippen LogP contribution in [0, 0.1) is 19.8 Å². The Morgan fingerprint density at radius 1 is 0.684 bits per heavy atom. The molecular formula is C19H36. The van der Waals surface area contributed by atoms with Gasteiger partial charge in [0.1, 0.15) is 0 Å². The summed E-state index contributed by atoms with van der Waals surface area (Å²) >= 11 is 0. The Bertz CT molecular complexity index is 180. The zero-order valence-corrected chi connectivity index (χ0v) is 13.3. The lowest BCUT2D eigenvalue weighted by molar-refractivity contribution is 0.480. The van der Waals surface area contributed by atoms with Crippen LogP contribution in [-0.2, 0) is 0 Å². The van der Waals surface area contributed by atoms with Gasteiger partial charge >= 0.3 is 0 Å². The van der Waals surface area contributed by atoms with Crippen LogP contribution in [0.2, 0.25) is 0 Å². The normalized spacial score (nSPS) is 13.2. The third kappa shape index (κ3) is 15.7. The molecule has 0 nitrogen and oxygen atoms in total. The summed E-state index contributed by atoms with van der Waals surface area (Å²) in [5, 5.41) is 0. The Balaban J connectivity index is 3.16. The fourth-order valence-electron chi connectivity index (χ4n) is 2.40. The van der Waals surface area contributed by atoms with E-state index in [1.807, 2.05) is 0 Å². The molecular weight excluding hydrogens is 228 g/mol. The second-order valence-electron chi connectivity index (χ2n) is 5.91. The molecule has 0 aromatic heterocycles. The summed E-state index contributed by atoms with van der Waals surface area (Å²) in [5.74, 6) is 0.874. The van der Waals surface area contributed by atoms with E-state index < -0.39 is 0 Å². The van der Waals surface area contributed by atoms with Gasteiger partial charge in [0.15, 0.2) is 0 Å². The fraction of sp³-hybridized carbons (Fsp3) is 0.789. The highest BCUT2D eigenvalue weighted by Gasteiger charge is 1.98. The number of allylic oxidation sites excluding steroid dienone is 2. The molecule has 0 rings (SSSR count). The van der Waals surface area contributed by atoms with Gasteiger partial charge in [-0.3, -0.25) is 0 Å². The van der Waals surface area contributed by atoms with E-state index >= 15 is 0 Å². The van der Waals surface area contributed by atoms with Crippen molar-refractivity contribution in [2.24, 2.45) is 5.92 Å². The Morgan fingerprint density at radius 2 is 1.26 bits per heavy atom. The third-order valence-corrected chi connectivity index (χ3v) is 3.81. The van der Waals surface area contributed by atoms with Crippen molar-refractivity contribution < 1.29 is 0 Å². The van der Waals surface area contributed by atoms with E-state index in [0.717, 1.165) is 18.8 Å². The summed E-state index contributed by atoms with van der Waals surface area (Å²) in [7, 11) is 0. The van der Waals surface area contributed by atoms with Crippen LogP contribution in [0.15, 0.2) is 12.2 Å². The molecule has 1 atom stereocenters. The van der Waals surface area contributed by atoms with Crippen LogP contribution in [0.3, 0.4) is 0 Å². The summed E-state index contributed by atoms with van der Waals surface area (Å²) in [6.07, 6.45) is 21.8. The predicted molar refractivity (Wildman–Crippen MR) is 89.0 cm³/mol. The van der Waals surface area contributed by atoms with Gasteiger partial charge < -0.3 is 0 Å². The van der Waals surface area contributed by atoms with Gasteiger partial charge in [-0.2, -0.15) is 0 Å². The zero-order chi connectivity index (χ0) is 14.2. The lowest BCUT2D eigenvalue weighted by Gasteiger charge is -2.07. The average Bonchev–Trinajstić information content (AvgIpc) is 2.42. The highest BCUT2D eigenvalue weighted by Crippen LogP contribution is 2.14. The lowest BCUT2D eigenvalue weighted by Crippen LogP contribution is -1.93. The molecule has 0 aromatic carbocycles. The van der Waals surface area contributed by atoms with Crippen molar-refractivity contribution in [2.45, 2.75) is 90.4 Å². The van der Waals surface area contributed by atoms with Crippen molar-refractivity contribution in [3.05, 3.63) is 26.0 Å². The average molecular weight is 264 g/mol. The van der Waals surface area contributed by atoms with Gasteiger partial charge in [-0.25, -0.2) is 0 Å². The molecule has 0 fully saturated rings. The molecule has 0 aliphatic carbocycles. The van der Waals surface area contributed by atoms with Crippen molar-refractivity contribution >= 4 is 0 Å². The largest absolute Gasteiger partial charge is 0.0885 e. The molecule has 0 saturated carbocycles. The van der Waals surface area contributed by atoms with Gasteiger partial charge in [0.2, 0.25) is 0 Å². The number of unbranched alkanes of at least 4 members (excludes halogenated alkanes) is 8. The Labute approximate surface area is 123 Å². The molecule has 2 radical (unpaired) electrons. The molecule has 0 aliphatic heterocycles. The fourth-order valence-corrected chi connectivity index (χ4v) is 2.40. The maximum atomic E-state index is 3.90. The van der Waals surface area contributed by atoms with Crippen LogP contribution >= 0.6 is 0 Å².